The van der Waals surface area contributed by atoms with Crippen LogP contribution in [0.25, 0.3) is 0 Å². The molecule has 3 N–H and O–H groups in total. The van der Waals surface area contributed by atoms with Crippen LogP contribution in [0.3, 0.4) is 0 Å². The Hall–Kier alpha value is -1.24. The first kappa shape index (κ1) is 16.1. The zero-order valence-electron chi connectivity index (χ0n) is 13.0. The molecule has 1 aliphatic rings. The van der Waals surface area contributed by atoms with Crippen LogP contribution in [0.15, 0.2) is 6.07 Å². The number of nitrogens with two attached hydrogens (primary N) is 1. The first-order valence-corrected chi connectivity index (χ1v) is 7.72. The molecule has 0 radical (unpaired) electrons. The average molecular weight is 294 g/mol. The molecule has 1 saturated carbocycles. The van der Waals surface area contributed by atoms with Crippen molar-refractivity contribution in [2.24, 2.45) is 5.84 Å². The number of anilines is 1. The highest BCUT2D eigenvalue weighted by atomic mass is 16.5. The number of nitrogens with zero attached hydrogens (tertiary/aromatic N) is 2. The molecule has 0 bridgehead atoms. The molecule has 6 heteroatoms. The van der Waals surface area contributed by atoms with Crippen LogP contribution in [0.4, 0.5) is 5.82 Å². The topological polar surface area (TPSA) is 82.3 Å². The highest BCUT2D eigenvalue weighted by Gasteiger charge is 2.37. The van der Waals surface area contributed by atoms with Gasteiger partial charge in [-0.15, -0.1) is 0 Å². The van der Waals surface area contributed by atoms with E-state index in [0.717, 1.165) is 37.2 Å². The fourth-order valence-corrected chi connectivity index (χ4v) is 3.01. The Kier molecular flexibility index (Phi) is 5.90. The summed E-state index contributed by atoms with van der Waals surface area (Å²) in [4.78, 5) is 9.23. The van der Waals surface area contributed by atoms with Crippen molar-refractivity contribution in [1.82, 2.24) is 9.97 Å². The quantitative estimate of drug-likeness (QED) is 0.476. The Morgan fingerprint density at radius 1 is 1.24 bits per heavy atom. The summed E-state index contributed by atoms with van der Waals surface area (Å²) < 4.78 is 11.3. The maximum Gasteiger partial charge on any atom is 0.163 e. The Labute approximate surface area is 126 Å². The number of hydrogen-bond acceptors (Lipinski definition) is 6. The van der Waals surface area contributed by atoms with Crippen molar-refractivity contribution in [3.8, 4) is 0 Å². The van der Waals surface area contributed by atoms with Gasteiger partial charge in [-0.1, -0.05) is 25.7 Å². The van der Waals surface area contributed by atoms with Crippen molar-refractivity contribution in [2.75, 3.05) is 19.1 Å². The van der Waals surface area contributed by atoms with E-state index >= 15 is 0 Å². The van der Waals surface area contributed by atoms with Crippen LogP contribution in [0.5, 0.6) is 0 Å². The number of hydrazine groups is 1. The second-order valence-electron chi connectivity index (χ2n) is 5.49. The molecule has 0 unspecified atom stereocenters. The molecule has 0 aliphatic heterocycles. The van der Waals surface area contributed by atoms with Crippen molar-refractivity contribution in [1.29, 1.82) is 0 Å². The van der Waals surface area contributed by atoms with E-state index in [9.17, 15) is 0 Å². The van der Waals surface area contributed by atoms with Crippen LogP contribution < -0.4 is 11.3 Å². The van der Waals surface area contributed by atoms with Crippen LogP contribution in [0, 0.1) is 0 Å². The molecular weight excluding hydrogens is 268 g/mol. The van der Waals surface area contributed by atoms with Gasteiger partial charge in [0.1, 0.15) is 11.4 Å². The van der Waals surface area contributed by atoms with Gasteiger partial charge in [-0.3, -0.25) is 0 Å². The predicted octanol–water partition coefficient (Wildman–Crippen LogP) is 2.49. The van der Waals surface area contributed by atoms with Crippen LogP contribution in [-0.4, -0.2) is 23.7 Å². The summed E-state index contributed by atoms with van der Waals surface area (Å²) >= 11 is 0. The minimum absolute atomic E-state index is 0.388. The SMILES string of the molecule is CCOC1(c2nc(COC)cc(NN)n2)CCCCCC1. The van der Waals surface area contributed by atoms with Crippen molar-refractivity contribution < 1.29 is 9.47 Å². The molecule has 0 saturated heterocycles. The molecule has 118 valence electrons. The van der Waals surface area contributed by atoms with Gasteiger partial charge < -0.3 is 14.9 Å². The molecule has 0 spiro atoms. The molecule has 0 atom stereocenters. The number of nitrogens with one attached hydrogen (secondary N) is 1. The molecule has 0 aromatic carbocycles. The zero-order chi connectivity index (χ0) is 15.1. The molecule has 21 heavy (non-hydrogen) atoms. The normalized spacial score (nSPS) is 18.2. The van der Waals surface area contributed by atoms with Gasteiger partial charge in [-0.2, -0.15) is 0 Å². The van der Waals surface area contributed by atoms with Gasteiger partial charge in [0.2, 0.25) is 0 Å². The lowest BCUT2D eigenvalue weighted by Crippen LogP contribution is -2.32. The number of nitrogen functional groups attached to an aromatic ring is 1. The summed E-state index contributed by atoms with van der Waals surface area (Å²) in [7, 11) is 1.65. The van der Waals surface area contributed by atoms with Crippen LogP contribution in [0.2, 0.25) is 0 Å². The van der Waals surface area contributed by atoms with Gasteiger partial charge in [-0.25, -0.2) is 15.8 Å². The molecule has 1 fully saturated rings. The lowest BCUT2D eigenvalue weighted by Gasteiger charge is -2.31. The van der Waals surface area contributed by atoms with Gasteiger partial charge >= 0.3 is 0 Å². The number of hydrogen-bond donors (Lipinski definition) is 2. The second kappa shape index (κ2) is 7.68. The van der Waals surface area contributed by atoms with Crippen LogP contribution >= 0.6 is 0 Å². The smallest absolute Gasteiger partial charge is 0.163 e. The first-order chi connectivity index (χ1) is 10.2. The van der Waals surface area contributed by atoms with Gasteiger partial charge in [0.15, 0.2) is 5.82 Å². The maximum absolute atomic E-state index is 6.13. The summed E-state index contributed by atoms with van der Waals surface area (Å²) in [5, 5.41) is 0. The fourth-order valence-electron chi connectivity index (χ4n) is 3.01. The Balaban J connectivity index is 2.40. The molecule has 0 amide bonds. The van der Waals surface area contributed by atoms with E-state index in [1.807, 2.05) is 13.0 Å². The lowest BCUT2D eigenvalue weighted by atomic mass is 9.93. The number of ether oxygens (including phenoxy) is 2. The Bertz CT molecular complexity index is 445. The monoisotopic (exact) mass is 294 g/mol. The molecule has 1 aromatic rings. The third-order valence-corrected chi connectivity index (χ3v) is 3.96. The Morgan fingerprint density at radius 3 is 2.52 bits per heavy atom. The van der Waals surface area contributed by atoms with Gasteiger partial charge in [0.05, 0.1) is 12.3 Å². The molecule has 1 aromatic heterocycles. The molecule has 2 rings (SSSR count). The predicted molar refractivity (Wildman–Crippen MR) is 81.6 cm³/mol. The molecule has 1 heterocycles. The summed E-state index contributed by atoms with van der Waals surface area (Å²) in [6.45, 7) is 3.11. The second-order valence-corrected chi connectivity index (χ2v) is 5.49. The van der Waals surface area contributed by atoms with E-state index in [-0.39, 0.29) is 5.60 Å². The lowest BCUT2D eigenvalue weighted by molar-refractivity contribution is -0.0626. The van der Waals surface area contributed by atoms with Crippen molar-refractivity contribution in [2.45, 2.75) is 57.7 Å². The fraction of sp³-hybridized carbons (Fsp3) is 0.733. The van der Waals surface area contributed by atoms with E-state index in [1.54, 1.807) is 7.11 Å². The van der Waals surface area contributed by atoms with E-state index in [2.05, 4.69) is 15.4 Å². The Morgan fingerprint density at radius 2 is 1.95 bits per heavy atom. The van der Waals surface area contributed by atoms with Crippen LogP contribution in [-0.2, 0) is 21.7 Å². The highest BCUT2D eigenvalue weighted by molar-refractivity contribution is 5.35. The van der Waals surface area contributed by atoms with E-state index in [1.165, 1.54) is 12.8 Å². The molecule has 6 nitrogen and oxygen atoms in total. The molecule has 1 aliphatic carbocycles. The number of aromatic nitrogens is 2. The van der Waals surface area contributed by atoms with Crippen LogP contribution in [0.1, 0.15) is 57.0 Å². The molecular formula is C15H26N4O2. The van der Waals surface area contributed by atoms with Gasteiger partial charge in [0, 0.05) is 19.8 Å². The largest absolute Gasteiger partial charge is 0.378 e. The summed E-state index contributed by atoms with van der Waals surface area (Å²) in [6.07, 6.45) is 6.69. The highest BCUT2D eigenvalue weighted by Crippen LogP contribution is 2.38. The summed E-state index contributed by atoms with van der Waals surface area (Å²) in [5.74, 6) is 6.88. The van der Waals surface area contributed by atoms with E-state index in [0.29, 0.717) is 19.0 Å². The standard InChI is InChI=1S/C15H26N4O2/c1-3-21-15(8-6-4-5-7-9-15)14-17-12(11-20-2)10-13(18-14)19-16/h10H,3-9,11,16H2,1-2H3,(H,17,18,19). The minimum atomic E-state index is -0.388. The van der Waals surface area contributed by atoms with E-state index in [4.69, 9.17) is 15.3 Å². The third-order valence-electron chi connectivity index (χ3n) is 3.96. The van der Waals surface area contributed by atoms with Crippen molar-refractivity contribution in [3.05, 3.63) is 17.6 Å². The van der Waals surface area contributed by atoms with E-state index < -0.39 is 0 Å². The summed E-state index contributed by atoms with van der Waals surface area (Å²) in [6, 6.07) is 1.81. The first-order valence-electron chi connectivity index (χ1n) is 7.72. The van der Waals surface area contributed by atoms with Crippen molar-refractivity contribution in [3.63, 3.8) is 0 Å². The van der Waals surface area contributed by atoms with Crippen molar-refractivity contribution >= 4 is 5.82 Å². The minimum Gasteiger partial charge on any atom is -0.378 e. The van der Waals surface area contributed by atoms with Gasteiger partial charge in [0.25, 0.3) is 0 Å². The number of methoxy groups -OCH3 is 1. The summed E-state index contributed by atoms with van der Waals surface area (Å²) in [5.41, 5.74) is 3.05. The average Bonchev–Trinajstić information content (AvgIpc) is 2.74. The zero-order valence-corrected chi connectivity index (χ0v) is 13.0. The maximum atomic E-state index is 6.13. The van der Waals surface area contributed by atoms with Gasteiger partial charge in [-0.05, 0) is 19.8 Å². The third kappa shape index (κ3) is 3.90. The number of rotatable bonds is 6.